The minimum atomic E-state index is -0.495. The molecule has 2 rings (SSSR count). The molecule has 5 heteroatoms. The number of hydrogen-bond donors (Lipinski definition) is 2. The predicted molar refractivity (Wildman–Crippen MR) is 92.1 cm³/mol. The van der Waals surface area contributed by atoms with Crippen molar-refractivity contribution in [1.29, 1.82) is 0 Å². The van der Waals surface area contributed by atoms with Crippen molar-refractivity contribution in [3.8, 4) is 0 Å². The summed E-state index contributed by atoms with van der Waals surface area (Å²) in [5, 5.41) is 3.58. The van der Waals surface area contributed by atoms with Crippen molar-refractivity contribution in [2.24, 2.45) is 11.1 Å². The first-order valence-electron chi connectivity index (χ1n) is 7.63. The predicted octanol–water partition coefficient (Wildman–Crippen LogP) is 3.44. The Morgan fingerprint density at radius 2 is 1.95 bits per heavy atom. The molecule has 0 unspecified atom stereocenters. The van der Waals surface area contributed by atoms with Crippen molar-refractivity contribution in [1.82, 2.24) is 4.98 Å². The highest BCUT2D eigenvalue weighted by molar-refractivity contribution is 7.15. The monoisotopic (exact) mass is 317 g/mol. The summed E-state index contributed by atoms with van der Waals surface area (Å²) < 4.78 is 0. The number of rotatable bonds is 7. The van der Waals surface area contributed by atoms with Crippen LogP contribution in [0.1, 0.15) is 37.1 Å². The lowest BCUT2D eigenvalue weighted by molar-refractivity contribution is -0.125. The molecular weight excluding hydrogens is 294 g/mol. The second-order valence-electron chi connectivity index (χ2n) is 5.44. The number of nitrogens with zero attached hydrogens (tertiary/aromatic N) is 1. The molecule has 0 aliphatic rings. The molecule has 0 saturated carbocycles. The van der Waals surface area contributed by atoms with Crippen LogP contribution in [0.3, 0.4) is 0 Å². The topological polar surface area (TPSA) is 68.0 Å². The molecule has 1 aromatic heterocycles. The number of hydrogen-bond acceptors (Lipinski definition) is 4. The van der Waals surface area contributed by atoms with E-state index in [1.807, 2.05) is 38.2 Å². The largest absolute Gasteiger partial charge is 0.329 e. The number of benzene rings is 1. The van der Waals surface area contributed by atoms with Gasteiger partial charge in [0.2, 0.25) is 5.91 Å². The fourth-order valence-electron chi connectivity index (χ4n) is 2.43. The highest BCUT2D eigenvalue weighted by Crippen LogP contribution is 2.28. The van der Waals surface area contributed by atoms with Gasteiger partial charge in [-0.15, -0.1) is 11.3 Å². The fourth-order valence-corrected chi connectivity index (χ4v) is 3.27. The van der Waals surface area contributed by atoms with E-state index in [9.17, 15) is 4.79 Å². The number of carbonyl (C=O) groups is 1. The highest BCUT2D eigenvalue weighted by Gasteiger charge is 2.33. The summed E-state index contributed by atoms with van der Waals surface area (Å²) >= 11 is 1.52. The standard InChI is InChI=1S/C17H23N3OS/c1-3-17(4-2,12-18)15(21)20-16-19-11-14(22-16)10-13-8-6-5-7-9-13/h5-9,11H,3-4,10,12,18H2,1-2H3,(H,19,20,21). The van der Waals surface area contributed by atoms with Gasteiger partial charge in [0.25, 0.3) is 0 Å². The van der Waals surface area contributed by atoms with E-state index in [1.54, 1.807) is 0 Å². The van der Waals surface area contributed by atoms with Crippen LogP contribution < -0.4 is 11.1 Å². The minimum absolute atomic E-state index is 0.0272. The molecule has 1 heterocycles. The molecule has 0 bridgehead atoms. The third-order valence-corrected chi connectivity index (χ3v) is 5.13. The zero-order chi connectivity index (χ0) is 16.0. The Balaban J connectivity index is 2.04. The average molecular weight is 317 g/mol. The Morgan fingerprint density at radius 3 is 2.55 bits per heavy atom. The van der Waals surface area contributed by atoms with Gasteiger partial charge in [-0.2, -0.15) is 0 Å². The molecule has 4 nitrogen and oxygen atoms in total. The van der Waals surface area contributed by atoms with Gasteiger partial charge >= 0.3 is 0 Å². The van der Waals surface area contributed by atoms with E-state index in [1.165, 1.54) is 16.9 Å². The molecule has 0 aliphatic heterocycles. The lowest BCUT2D eigenvalue weighted by atomic mass is 9.81. The van der Waals surface area contributed by atoms with Crippen LogP contribution in [-0.2, 0) is 11.2 Å². The zero-order valence-corrected chi connectivity index (χ0v) is 14.0. The van der Waals surface area contributed by atoms with Gasteiger partial charge in [0.05, 0.1) is 5.41 Å². The van der Waals surface area contributed by atoms with Crippen LogP contribution in [0.2, 0.25) is 0 Å². The molecule has 1 amide bonds. The van der Waals surface area contributed by atoms with E-state index >= 15 is 0 Å². The summed E-state index contributed by atoms with van der Waals surface area (Å²) in [6.07, 6.45) is 4.12. The molecule has 2 aromatic rings. The van der Waals surface area contributed by atoms with Crippen molar-refractivity contribution in [2.75, 3.05) is 11.9 Å². The summed E-state index contributed by atoms with van der Waals surface area (Å²) in [6, 6.07) is 10.2. The summed E-state index contributed by atoms with van der Waals surface area (Å²) in [5.41, 5.74) is 6.56. The van der Waals surface area contributed by atoms with Crippen LogP contribution in [0.4, 0.5) is 5.13 Å². The van der Waals surface area contributed by atoms with E-state index in [4.69, 9.17) is 5.73 Å². The fraction of sp³-hybridized carbons (Fsp3) is 0.412. The van der Waals surface area contributed by atoms with Gasteiger partial charge in [0, 0.05) is 24.0 Å². The quantitative estimate of drug-likeness (QED) is 0.822. The maximum atomic E-state index is 12.5. The van der Waals surface area contributed by atoms with Crippen molar-refractivity contribution < 1.29 is 4.79 Å². The Bertz CT molecular complexity index is 597. The molecule has 0 radical (unpaired) electrons. The number of aromatic nitrogens is 1. The SMILES string of the molecule is CCC(CC)(CN)C(=O)Nc1ncc(Cc2ccccc2)s1. The Morgan fingerprint density at radius 1 is 1.27 bits per heavy atom. The smallest absolute Gasteiger partial charge is 0.233 e. The normalized spacial score (nSPS) is 11.4. The number of amides is 1. The molecule has 0 spiro atoms. The molecule has 0 fully saturated rings. The average Bonchev–Trinajstić information content (AvgIpc) is 2.97. The highest BCUT2D eigenvalue weighted by atomic mass is 32.1. The van der Waals surface area contributed by atoms with E-state index in [-0.39, 0.29) is 5.91 Å². The van der Waals surface area contributed by atoms with Crippen LogP contribution in [0.5, 0.6) is 0 Å². The number of carbonyl (C=O) groups excluding carboxylic acids is 1. The van der Waals surface area contributed by atoms with Gasteiger partial charge in [-0.05, 0) is 18.4 Å². The van der Waals surface area contributed by atoms with Gasteiger partial charge in [0.15, 0.2) is 5.13 Å². The van der Waals surface area contributed by atoms with E-state index < -0.39 is 5.41 Å². The molecule has 0 aliphatic carbocycles. The van der Waals surface area contributed by atoms with Crippen LogP contribution in [0.15, 0.2) is 36.5 Å². The maximum absolute atomic E-state index is 12.5. The number of nitrogens with two attached hydrogens (primary N) is 1. The van der Waals surface area contributed by atoms with Gasteiger partial charge < -0.3 is 11.1 Å². The zero-order valence-electron chi connectivity index (χ0n) is 13.1. The molecular formula is C17H23N3OS. The molecule has 3 N–H and O–H groups in total. The van der Waals surface area contributed by atoms with Crippen molar-refractivity contribution in [2.45, 2.75) is 33.1 Å². The molecule has 22 heavy (non-hydrogen) atoms. The Labute approximate surface area is 135 Å². The first kappa shape index (κ1) is 16.6. The first-order valence-corrected chi connectivity index (χ1v) is 8.45. The van der Waals surface area contributed by atoms with Crippen molar-refractivity contribution in [3.63, 3.8) is 0 Å². The van der Waals surface area contributed by atoms with Crippen molar-refractivity contribution >= 4 is 22.4 Å². The second kappa shape index (κ2) is 7.51. The maximum Gasteiger partial charge on any atom is 0.233 e. The van der Waals surface area contributed by atoms with Crippen LogP contribution in [0.25, 0.3) is 0 Å². The minimum Gasteiger partial charge on any atom is -0.329 e. The molecule has 0 saturated heterocycles. The summed E-state index contributed by atoms with van der Waals surface area (Å²) in [6.45, 7) is 4.35. The lowest BCUT2D eigenvalue weighted by Gasteiger charge is -2.27. The third kappa shape index (κ3) is 3.72. The van der Waals surface area contributed by atoms with E-state index in [0.29, 0.717) is 11.7 Å². The molecule has 118 valence electrons. The van der Waals surface area contributed by atoms with Crippen LogP contribution in [-0.4, -0.2) is 17.4 Å². The summed E-state index contributed by atoms with van der Waals surface area (Å²) in [4.78, 5) is 17.9. The number of anilines is 1. The summed E-state index contributed by atoms with van der Waals surface area (Å²) in [5.74, 6) is -0.0272. The lowest BCUT2D eigenvalue weighted by Crippen LogP contribution is -2.41. The Kier molecular flexibility index (Phi) is 5.69. The second-order valence-corrected chi connectivity index (χ2v) is 6.55. The van der Waals surface area contributed by atoms with E-state index in [2.05, 4.69) is 22.4 Å². The number of nitrogens with one attached hydrogen (secondary N) is 1. The van der Waals surface area contributed by atoms with Crippen molar-refractivity contribution in [3.05, 3.63) is 47.0 Å². The Hall–Kier alpha value is -1.72. The van der Waals surface area contributed by atoms with E-state index in [0.717, 1.165) is 24.1 Å². The summed E-state index contributed by atoms with van der Waals surface area (Å²) in [7, 11) is 0. The molecule has 1 aromatic carbocycles. The molecule has 0 atom stereocenters. The van der Waals surface area contributed by atoms with Gasteiger partial charge in [-0.25, -0.2) is 4.98 Å². The van der Waals surface area contributed by atoms with Crippen LogP contribution >= 0.6 is 11.3 Å². The van der Waals surface area contributed by atoms with Gasteiger partial charge in [-0.1, -0.05) is 44.2 Å². The third-order valence-electron chi connectivity index (χ3n) is 4.22. The first-order chi connectivity index (χ1) is 10.6. The van der Waals surface area contributed by atoms with Crippen LogP contribution in [0, 0.1) is 5.41 Å². The van der Waals surface area contributed by atoms with Gasteiger partial charge in [0.1, 0.15) is 0 Å². The van der Waals surface area contributed by atoms with Gasteiger partial charge in [-0.3, -0.25) is 4.79 Å². The number of thiazole rings is 1.